The zero-order chi connectivity index (χ0) is 14.1. The molecule has 4 heteroatoms. The van der Waals surface area contributed by atoms with E-state index < -0.39 is 0 Å². The van der Waals surface area contributed by atoms with Gasteiger partial charge in [0, 0.05) is 11.8 Å². The second kappa shape index (κ2) is 4.96. The molecule has 20 heavy (non-hydrogen) atoms. The summed E-state index contributed by atoms with van der Waals surface area (Å²) in [7, 11) is 0. The number of aromatic nitrogens is 2. The van der Waals surface area contributed by atoms with Crippen LogP contribution >= 0.6 is 0 Å². The van der Waals surface area contributed by atoms with Gasteiger partial charge in [0.2, 0.25) is 0 Å². The molecule has 3 rings (SSSR count). The Balaban J connectivity index is 2.05. The molecule has 0 atom stereocenters. The van der Waals surface area contributed by atoms with Gasteiger partial charge in [-0.25, -0.2) is 0 Å². The van der Waals surface area contributed by atoms with Gasteiger partial charge in [-0.2, -0.15) is 4.98 Å². The maximum absolute atomic E-state index is 10.4. The maximum Gasteiger partial charge on any atom is 0.261 e. The number of benzene rings is 2. The van der Waals surface area contributed by atoms with Crippen molar-refractivity contribution in [3.05, 3.63) is 42.2 Å². The van der Waals surface area contributed by atoms with Crippen LogP contribution in [0.25, 0.3) is 22.2 Å². The molecule has 1 aromatic heterocycles. The molecule has 4 nitrogen and oxygen atoms in total. The molecular weight excluding hydrogens is 252 g/mol. The predicted molar refractivity (Wildman–Crippen MR) is 77.4 cm³/mol. The predicted octanol–water partition coefficient (Wildman–Crippen LogP) is 3.79. The van der Waals surface area contributed by atoms with E-state index in [4.69, 9.17) is 4.52 Å². The molecule has 0 saturated carbocycles. The minimum atomic E-state index is 0.183. The quantitative estimate of drug-likeness (QED) is 0.785. The Hall–Kier alpha value is -2.36. The van der Waals surface area contributed by atoms with Crippen molar-refractivity contribution in [1.82, 2.24) is 10.1 Å². The topological polar surface area (TPSA) is 59.2 Å². The van der Waals surface area contributed by atoms with Gasteiger partial charge in [-0.15, -0.1) is 0 Å². The normalized spacial score (nSPS) is 11.3. The third-order valence-corrected chi connectivity index (χ3v) is 3.19. The molecule has 0 aliphatic carbocycles. The van der Waals surface area contributed by atoms with Crippen molar-refractivity contribution in [2.45, 2.75) is 20.3 Å². The molecule has 0 bridgehead atoms. The standard InChI is InChI=1S/C16H16N2O2/c1-10(2)9-14-17-16(20-18-14)13-8-7-11-5-3-4-6-12(11)15(13)19/h3-8,10,19H,9H2,1-2H3. The highest BCUT2D eigenvalue weighted by Crippen LogP contribution is 2.34. The lowest BCUT2D eigenvalue weighted by Gasteiger charge is -2.04. The van der Waals surface area contributed by atoms with E-state index in [1.165, 1.54) is 0 Å². The van der Waals surface area contributed by atoms with Crippen molar-refractivity contribution in [3.8, 4) is 17.2 Å². The second-order valence-corrected chi connectivity index (χ2v) is 5.30. The van der Waals surface area contributed by atoms with Crippen LogP contribution in [0.4, 0.5) is 0 Å². The molecule has 0 aliphatic rings. The van der Waals surface area contributed by atoms with Gasteiger partial charge in [0.1, 0.15) is 5.75 Å². The molecule has 2 aromatic carbocycles. The van der Waals surface area contributed by atoms with Crippen LogP contribution in [0.1, 0.15) is 19.7 Å². The van der Waals surface area contributed by atoms with E-state index in [1.807, 2.05) is 36.4 Å². The number of hydrogen-bond donors (Lipinski definition) is 1. The average molecular weight is 268 g/mol. The summed E-state index contributed by atoms with van der Waals surface area (Å²) in [6.07, 6.45) is 0.762. The maximum atomic E-state index is 10.4. The van der Waals surface area contributed by atoms with Crippen molar-refractivity contribution < 1.29 is 9.63 Å². The lowest BCUT2D eigenvalue weighted by atomic mass is 10.1. The minimum Gasteiger partial charge on any atom is -0.506 e. The second-order valence-electron chi connectivity index (χ2n) is 5.30. The third kappa shape index (κ3) is 2.25. The fraction of sp³-hybridized carbons (Fsp3) is 0.250. The number of fused-ring (bicyclic) bond motifs is 1. The van der Waals surface area contributed by atoms with Crippen LogP contribution in [-0.2, 0) is 6.42 Å². The van der Waals surface area contributed by atoms with E-state index in [-0.39, 0.29) is 5.75 Å². The summed E-state index contributed by atoms with van der Waals surface area (Å²) in [6, 6.07) is 11.4. The van der Waals surface area contributed by atoms with Crippen molar-refractivity contribution in [3.63, 3.8) is 0 Å². The molecule has 1 heterocycles. The van der Waals surface area contributed by atoms with E-state index in [0.29, 0.717) is 23.2 Å². The van der Waals surface area contributed by atoms with Gasteiger partial charge in [-0.05, 0) is 17.4 Å². The van der Waals surface area contributed by atoms with E-state index in [9.17, 15) is 5.11 Å². The lowest BCUT2D eigenvalue weighted by Crippen LogP contribution is -1.95. The first-order chi connectivity index (χ1) is 9.65. The van der Waals surface area contributed by atoms with Gasteiger partial charge in [0.15, 0.2) is 5.82 Å². The van der Waals surface area contributed by atoms with Crippen molar-refractivity contribution in [2.75, 3.05) is 0 Å². The third-order valence-electron chi connectivity index (χ3n) is 3.19. The fourth-order valence-electron chi connectivity index (χ4n) is 2.24. The van der Waals surface area contributed by atoms with E-state index in [0.717, 1.165) is 17.2 Å². The Kier molecular flexibility index (Phi) is 3.14. The number of hydrogen-bond acceptors (Lipinski definition) is 4. The minimum absolute atomic E-state index is 0.183. The molecule has 0 aliphatic heterocycles. The molecule has 1 N–H and O–H groups in total. The first-order valence-corrected chi connectivity index (χ1v) is 6.69. The molecule has 0 saturated heterocycles. The number of phenols is 1. The number of rotatable bonds is 3. The van der Waals surface area contributed by atoms with Crippen molar-refractivity contribution >= 4 is 10.8 Å². The van der Waals surface area contributed by atoms with Crippen molar-refractivity contribution in [1.29, 1.82) is 0 Å². The summed E-state index contributed by atoms with van der Waals surface area (Å²) in [5.41, 5.74) is 0.575. The first kappa shape index (κ1) is 12.7. The van der Waals surface area contributed by atoms with Crippen LogP contribution in [0.3, 0.4) is 0 Å². The first-order valence-electron chi connectivity index (χ1n) is 6.69. The van der Waals surface area contributed by atoms with Gasteiger partial charge >= 0.3 is 0 Å². The molecular formula is C16H16N2O2. The number of aromatic hydroxyl groups is 1. The van der Waals surface area contributed by atoms with Gasteiger partial charge in [-0.3, -0.25) is 0 Å². The highest BCUT2D eigenvalue weighted by atomic mass is 16.5. The molecule has 0 amide bonds. The van der Waals surface area contributed by atoms with Crippen LogP contribution in [0.15, 0.2) is 40.9 Å². The smallest absolute Gasteiger partial charge is 0.261 e. The highest BCUT2D eigenvalue weighted by Gasteiger charge is 2.15. The van der Waals surface area contributed by atoms with Crippen LogP contribution < -0.4 is 0 Å². The van der Waals surface area contributed by atoms with Crippen LogP contribution in [-0.4, -0.2) is 15.2 Å². The monoisotopic (exact) mass is 268 g/mol. The van der Waals surface area contributed by atoms with Gasteiger partial charge in [0.05, 0.1) is 5.56 Å². The molecule has 102 valence electrons. The van der Waals surface area contributed by atoms with Crippen molar-refractivity contribution in [2.24, 2.45) is 5.92 Å². The Morgan fingerprint density at radius 2 is 1.95 bits per heavy atom. The Labute approximate surface area is 117 Å². The van der Waals surface area contributed by atoms with E-state index in [2.05, 4.69) is 24.0 Å². The Bertz CT molecular complexity index is 747. The number of nitrogens with zero attached hydrogens (tertiary/aromatic N) is 2. The fourth-order valence-corrected chi connectivity index (χ4v) is 2.24. The summed E-state index contributed by atoms with van der Waals surface area (Å²) < 4.78 is 5.26. The van der Waals surface area contributed by atoms with Gasteiger partial charge in [-0.1, -0.05) is 49.3 Å². The highest BCUT2D eigenvalue weighted by molar-refractivity contribution is 5.93. The molecule has 0 radical (unpaired) electrons. The molecule has 3 aromatic rings. The van der Waals surface area contributed by atoms with Crippen LogP contribution in [0.5, 0.6) is 5.75 Å². The molecule has 0 spiro atoms. The van der Waals surface area contributed by atoms with Gasteiger partial charge in [0.25, 0.3) is 5.89 Å². The Morgan fingerprint density at radius 1 is 1.15 bits per heavy atom. The summed E-state index contributed by atoms with van der Waals surface area (Å²) in [5.74, 6) is 1.68. The van der Waals surface area contributed by atoms with Crippen LogP contribution in [0, 0.1) is 5.92 Å². The average Bonchev–Trinajstić information content (AvgIpc) is 2.87. The SMILES string of the molecule is CC(C)Cc1noc(-c2ccc3ccccc3c2O)n1. The Morgan fingerprint density at radius 3 is 2.75 bits per heavy atom. The summed E-state index contributed by atoms with van der Waals surface area (Å²) in [6.45, 7) is 4.20. The summed E-state index contributed by atoms with van der Waals surface area (Å²) >= 11 is 0. The van der Waals surface area contributed by atoms with Crippen LogP contribution in [0.2, 0.25) is 0 Å². The zero-order valence-corrected chi connectivity index (χ0v) is 11.5. The molecule has 0 unspecified atom stereocenters. The van der Waals surface area contributed by atoms with E-state index in [1.54, 1.807) is 0 Å². The largest absolute Gasteiger partial charge is 0.506 e. The summed E-state index contributed by atoms with van der Waals surface area (Å²) in [5, 5.41) is 16.1. The zero-order valence-electron chi connectivity index (χ0n) is 11.5. The molecule has 0 fully saturated rings. The number of phenolic OH excluding ortho intramolecular Hbond substituents is 1. The van der Waals surface area contributed by atoms with E-state index >= 15 is 0 Å². The van der Waals surface area contributed by atoms with Gasteiger partial charge < -0.3 is 9.63 Å². The lowest BCUT2D eigenvalue weighted by molar-refractivity contribution is 0.414. The summed E-state index contributed by atoms with van der Waals surface area (Å²) in [4.78, 5) is 4.35.